The van der Waals surface area contributed by atoms with E-state index >= 15 is 0 Å². The summed E-state index contributed by atoms with van der Waals surface area (Å²) in [7, 11) is 0. The van der Waals surface area contributed by atoms with Gasteiger partial charge in [0.05, 0.1) is 6.33 Å². The smallest absolute Gasteiger partial charge is 0.276 e. The molecule has 0 amide bonds. The zero-order chi connectivity index (χ0) is 12.3. The van der Waals surface area contributed by atoms with Gasteiger partial charge in [-0.1, -0.05) is 18.2 Å². The molecule has 2 aromatic rings. The maximum Gasteiger partial charge on any atom is 0.276 e. The predicted octanol–water partition coefficient (Wildman–Crippen LogP) is 0.554. The van der Waals surface area contributed by atoms with Crippen molar-refractivity contribution in [1.82, 2.24) is 9.97 Å². The van der Waals surface area contributed by atoms with Crippen molar-refractivity contribution in [1.29, 1.82) is 0 Å². The minimum Gasteiger partial charge on any atom is -0.391 e. The van der Waals surface area contributed by atoms with Crippen LogP contribution in [0.5, 0.6) is 0 Å². The molecule has 6 heteroatoms. The van der Waals surface area contributed by atoms with Crippen LogP contribution in [0.3, 0.4) is 0 Å². The molecule has 0 unspecified atom stereocenters. The number of para-hydroxylation sites is 1. The van der Waals surface area contributed by atoms with Crippen molar-refractivity contribution < 1.29 is 0 Å². The van der Waals surface area contributed by atoms with E-state index in [0.717, 1.165) is 11.3 Å². The molecule has 0 radical (unpaired) electrons. The molecule has 0 aliphatic rings. The number of nitrogens with two attached hydrogens (primary N) is 2. The van der Waals surface area contributed by atoms with Gasteiger partial charge in [-0.05, 0) is 11.6 Å². The van der Waals surface area contributed by atoms with Crippen molar-refractivity contribution in [2.24, 2.45) is 5.73 Å². The Balaban J connectivity index is 2.38. The van der Waals surface area contributed by atoms with Gasteiger partial charge < -0.3 is 21.8 Å². The van der Waals surface area contributed by atoms with Crippen molar-refractivity contribution in [2.45, 2.75) is 6.54 Å². The van der Waals surface area contributed by atoms with Gasteiger partial charge in [0.1, 0.15) is 5.69 Å². The van der Waals surface area contributed by atoms with Crippen LogP contribution in [0.15, 0.2) is 35.4 Å². The quantitative estimate of drug-likeness (QED) is 0.616. The second-order valence-corrected chi connectivity index (χ2v) is 3.48. The average Bonchev–Trinajstić information content (AvgIpc) is 2.35. The van der Waals surface area contributed by atoms with Crippen LogP contribution in [0.4, 0.5) is 17.2 Å². The zero-order valence-corrected chi connectivity index (χ0v) is 9.10. The van der Waals surface area contributed by atoms with Gasteiger partial charge in [0.25, 0.3) is 5.56 Å². The van der Waals surface area contributed by atoms with Crippen LogP contribution in [0.2, 0.25) is 0 Å². The van der Waals surface area contributed by atoms with Crippen LogP contribution in [-0.2, 0) is 6.54 Å². The van der Waals surface area contributed by atoms with Crippen LogP contribution in [0.1, 0.15) is 5.56 Å². The highest BCUT2D eigenvalue weighted by molar-refractivity contribution is 5.69. The first kappa shape index (κ1) is 11.2. The lowest BCUT2D eigenvalue weighted by atomic mass is 10.2. The fraction of sp³-hybridized carbons (Fsp3) is 0.0909. The third-order valence-corrected chi connectivity index (χ3v) is 2.38. The summed E-state index contributed by atoms with van der Waals surface area (Å²) in [6.45, 7) is 0.395. The van der Waals surface area contributed by atoms with E-state index in [9.17, 15) is 4.79 Å². The van der Waals surface area contributed by atoms with Crippen molar-refractivity contribution in [2.75, 3.05) is 11.1 Å². The fourth-order valence-corrected chi connectivity index (χ4v) is 1.46. The summed E-state index contributed by atoms with van der Waals surface area (Å²) in [5, 5.41) is 3.00. The molecule has 0 atom stereocenters. The molecule has 1 heterocycles. The van der Waals surface area contributed by atoms with Crippen LogP contribution >= 0.6 is 0 Å². The number of nitrogens with zero attached hydrogens (tertiary/aromatic N) is 1. The topological polar surface area (TPSA) is 110 Å². The molecule has 0 aliphatic carbocycles. The van der Waals surface area contributed by atoms with Crippen LogP contribution in [0.25, 0.3) is 0 Å². The molecular formula is C11H13N5O. The highest BCUT2D eigenvalue weighted by atomic mass is 16.1. The molecule has 0 saturated heterocycles. The molecule has 6 N–H and O–H groups in total. The maximum absolute atomic E-state index is 11.3. The van der Waals surface area contributed by atoms with E-state index in [4.69, 9.17) is 11.5 Å². The number of benzene rings is 1. The van der Waals surface area contributed by atoms with Gasteiger partial charge in [-0.2, -0.15) is 0 Å². The molecule has 1 aromatic carbocycles. The number of hydrogen-bond acceptors (Lipinski definition) is 5. The molecule has 0 aliphatic heterocycles. The van der Waals surface area contributed by atoms with Gasteiger partial charge >= 0.3 is 0 Å². The summed E-state index contributed by atoms with van der Waals surface area (Å²) in [6.07, 6.45) is 1.30. The largest absolute Gasteiger partial charge is 0.391 e. The Bertz CT molecular complexity index is 578. The van der Waals surface area contributed by atoms with Crippen molar-refractivity contribution in [3.05, 3.63) is 46.5 Å². The maximum atomic E-state index is 11.3. The Morgan fingerprint density at radius 3 is 2.88 bits per heavy atom. The zero-order valence-electron chi connectivity index (χ0n) is 9.10. The number of anilines is 3. The molecule has 0 spiro atoms. The molecule has 88 valence electrons. The predicted molar refractivity (Wildman–Crippen MR) is 66.9 cm³/mol. The number of hydrogen-bond donors (Lipinski definition) is 4. The highest BCUT2D eigenvalue weighted by Gasteiger charge is 2.06. The monoisotopic (exact) mass is 231 g/mol. The Morgan fingerprint density at radius 1 is 1.35 bits per heavy atom. The molecule has 1 aromatic heterocycles. The van der Waals surface area contributed by atoms with Gasteiger partial charge in [0.15, 0.2) is 5.82 Å². The van der Waals surface area contributed by atoms with Crippen molar-refractivity contribution in [3.8, 4) is 0 Å². The molecule has 2 rings (SSSR count). The lowest BCUT2D eigenvalue weighted by molar-refractivity contribution is 1.07. The highest BCUT2D eigenvalue weighted by Crippen LogP contribution is 2.20. The molecule has 0 bridgehead atoms. The Kier molecular flexibility index (Phi) is 3.06. The number of nitrogen functional groups attached to an aromatic ring is 1. The minimum atomic E-state index is -0.368. The second-order valence-electron chi connectivity index (χ2n) is 3.48. The Morgan fingerprint density at radius 2 is 2.12 bits per heavy atom. The lowest BCUT2D eigenvalue weighted by Gasteiger charge is -2.10. The molecule has 6 nitrogen and oxygen atoms in total. The molecular weight excluding hydrogens is 218 g/mol. The van der Waals surface area contributed by atoms with Gasteiger partial charge in [-0.3, -0.25) is 4.79 Å². The van der Waals surface area contributed by atoms with Crippen molar-refractivity contribution in [3.63, 3.8) is 0 Å². The van der Waals surface area contributed by atoms with Crippen LogP contribution < -0.4 is 22.3 Å². The Hall–Kier alpha value is -2.34. The summed E-state index contributed by atoms with van der Waals surface area (Å²) in [5.74, 6) is 0.328. The van der Waals surface area contributed by atoms with E-state index in [2.05, 4.69) is 15.3 Å². The first-order valence-corrected chi connectivity index (χ1v) is 5.10. The third-order valence-electron chi connectivity index (χ3n) is 2.38. The first-order chi connectivity index (χ1) is 8.22. The molecule has 0 fully saturated rings. The van der Waals surface area contributed by atoms with Gasteiger partial charge in [0, 0.05) is 12.2 Å². The second kappa shape index (κ2) is 4.67. The minimum absolute atomic E-state index is 0.0549. The summed E-state index contributed by atoms with van der Waals surface area (Å²) in [5.41, 5.74) is 12.6. The number of aromatic nitrogens is 2. The van der Waals surface area contributed by atoms with Gasteiger partial charge in [0.2, 0.25) is 0 Å². The third kappa shape index (κ3) is 2.26. The SMILES string of the molecule is NCc1ccccc1Nc1nc[nH]c(=O)c1N. The summed E-state index contributed by atoms with van der Waals surface area (Å²) in [6, 6.07) is 7.50. The summed E-state index contributed by atoms with van der Waals surface area (Å²) < 4.78 is 0. The lowest BCUT2D eigenvalue weighted by Crippen LogP contribution is -2.15. The van der Waals surface area contributed by atoms with E-state index in [0.29, 0.717) is 12.4 Å². The molecule has 0 saturated carbocycles. The number of aromatic amines is 1. The Labute approximate surface area is 97.7 Å². The number of nitrogens with one attached hydrogen (secondary N) is 2. The fourth-order valence-electron chi connectivity index (χ4n) is 1.46. The first-order valence-electron chi connectivity index (χ1n) is 5.10. The summed E-state index contributed by atoms with van der Waals surface area (Å²) in [4.78, 5) is 17.7. The van der Waals surface area contributed by atoms with Crippen LogP contribution in [0, 0.1) is 0 Å². The normalized spacial score (nSPS) is 10.2. The van der Waals surface area contributed by atoms with Gasteiger partial charge in [-0.25, -0.2) is 4.98 Å². The standard InChI is InChI=1S/C11H13N5O/c12-5-7-3-1-2-4-8(7)16-10-9(13)11(17)15-6-14-10/h1-4,6H,5,12-13H2,(H2,14,15,16,17). The van der Waals surface area contributed by atoms with Crippen LogP contribution in [-0.4, -0.2) is 9.97 Å². The van der Waals surface area contributed by atoms with Crippen molar-refractivity contribution >= 4 is 17.2 Å². The van der Waals surface area contributed by atoms with E-state index in [1.54, 1.807) is 0 Å². The number of H-pyrrole nitrogens is 1. The van der Waals surface area contributed by atoms with E-state index < -0.39 is 0 Å². The van der Waals surface area contributed by atoms with E-state index in [-0.39, 0.29) is 11.2 Å². The average molecular weight is 231 g/mol. The number of rotatable bonds is 3. The molecule has 17 heavy (non-hydrogen) atoms. The van der Waals surface area contributed by atoms with Gasteiger partial charge in [-0.15, -0.1) is 0 Å². The van der Waals surface area contributed by atoms with E-state index in [1.165, 1.54) is 6.33 Å². The summed E-state index contributed by atoms with van der Waals surface area (Å²) >= 11 is 0. The van der Waals surface area contributed by atoms with E-state index in [1.807, 2.05) is 24.3 Å².